The summed E-state index contributed by atoms with van der Waals surface area (Å²) in [5.41, 5.74) is 0.107. The fourth-order valence-corrected chi connectivity index (χ4v) is 3.37. The topological polar surface area (TPSA) is 51.1 Å². The van der Waals surface area contributed by atoms with Gasteiger partial charge in [-0.15, -0.1) is 0 Å². The van der Waals surface area contributed by atoms with Gasteiger partial charge in [0.1, 0.15) is 17.7 Å². The zero-order valence-corrected chi connectivity index (χ0v) is 16.0. The monoisotopic (exact) mass is 418 g/mol. The van der Waals surface area contributed by atoms with Crippen LogP contribution in [-0.2, 0) is 10.9 Å². The molecule has 2 aromatic heterocycles. The molecule has 5 nitrogen and oxygen atoms in total. The van der Waals surface area contributed by atoms with Crippen molar-refractivity contribution in [2.24, 2.45) is 0 Å². The standard InChI is InChI=1S/C21H18F4N4O/c1-13-11-29(12-17(30-13)14-4-6-16(22)7-5-14)19-9-18(21(23,24)25)27-20(28-19)15-3-2-8-26-10-15/h2-10,13,17H,11-12H2,1H3. The SMILES string of the molecule is CC1CN(c2cc(C(F)(F)F)nc(-c3cccnc3)n2)CC(c2ccc(F)cc2)O1. The van der Waals surface area contributed by atoms with E-state index < -0.39 is 18.0 Å². The molecule has 30 heavy (non-hydrogen) atoms. The van der Waals surface area contributed by atoms with Gasteiger partial charge in [-0.1, -0.05) is 12.1 Å². The van der Waals surface area contributed by atoms with Crippen molar-refractivity contribution < 1.29 is 22.3 Å². The molecule has 2 unspecified atom stereocenters. The Morgan fingerprint density at radius 2 is 1.83 bits per heavy atom. The summed E-state index contributed by atoms with van der Waals surface area (Å²) in [6, 6.07) is 10.0. The van der Waals surface area contributed by atoms with Crippen LogP contribution in [0.15, 0.2) is 54.9 Å². The summed E-state index contributed by atoms with van der Waals surface area (Å²) in [5.74, 6) is -0.268. The number of hydrogen-bond donors (Lipinski definition) is 0. The number of rotatable bonds is 3. The van der Waals surface area contributed by atoms with E-state index in [4.69, 9.17) is 4.74 Å². The Bertz CT molecular complexity index is 1010. The van der Waals surface area contributed by atoms with Crippen molar-refractivity contribution >= 4 is 5.82 Å². The van der Waals surface area contributed by atoms with Crippen LogP contribution in [0.25, 0.3) is 11.4 Å². The van der Waals surface area contributed by atoms with E-state index in [0.29, 0.717) is 12.1 Å². The highest BCUT2D eigenvalue weighted by Crippen LogP contribution is 2.34. The van der Waals surface area contributed by atoms with E-state index in [1.54, 1.807) is 29.2 Å². The van der Waals surface area contributed by atoms with Crippen LogP contribution < -0.4 is 4.90 Å². The second-order valence-electron chi connectivity index (χ2n) is 7.07. The molecule has 0 saturated carbocycles. The summed E-state index contributed by atoms with van der Waals surface area (Å²) in [6.07, 6.45) is -2.37. The van der Waals surface area contributed by atoms with Gasteiger partial charge in [-0.05, 0) is 36.8 Å². The number of anilines is 1. The largest absolute Gasteiger partial charge is 0.433 e. The third-order valence-corrected chi connectivity index (χ3v) is 4.75. The lowest BCUT2D eigenvalue weighted by molar-refractivity contribution is -0.141. The third kappa shape index (κ3) is 4.40. The first-order chi connectivity index (χ1) is 14.3. The lowest BCUT2D eigenvalue weighted by atomic mass is 10.1. The molecule has 4 rings (SSSR count). The Morgan fingerprint density at radius 1 is 1.07 bits per heavy atom. The third-order valence-electron chi connectivity index (χ3n) is 4.75. The summed E-state index contributed by atoms with van der Waals surface area (Å²) >= 11 is 0. The minimum absolute atomic E-state index is 0.0506. The van der Waals surface area contributed by atoms with Crippen LogP contribution in [0, 0.1) is 5.82 Å². The van der Waals surface area contributed by atoms with Crippen LogP contribution in [0.1, 0.15) is 24.3 Å². The number of aromatic nitrogens is 3. The lowest BCUT2D eigenvalue weighted by Gasteiger charge is -2.38. The summed E-state index contributed by atoms with van der Waals surface area (Å²) in [7, 11) is 0. The van der Waals surface area contributed by atoms with E-state index in [9.17, 15) is 17.6 Å². The van der Waals surface area contributed by atoms with Gasteiger partial charge in [0.15, 0.2) is 11.5 Å². The lowest BCUT2D eigenvalue weighted by Crippen LogP contribution is -2.43. The minimum atomic E-state index is -4.62. The Labute approximate surface area is 170 Å². The highest BCUT2D eigenvalue weighted by Gasteiger charge is 2.35. The van der Waals surface area contributed by atoms with Crippen LogP contribution in [0.2, 0.25) is 0 Å². The summed E-state index contributed by atoms with van der Waals surface area (Å²) in [6.45, 7) is 2.46. The van der Waals surface area contributed by atoms with E-state index >= 15 is 0 Å². The maximum Gasteiger partial charge on any atom is 0.433 e. The van der Waals surface area contributed by atoms with Crippen molar-refractivity contribution in [2.75, 3.05) is 18.0 Å². The van der Waals surface area contributed by atoms with Crippen molar-refractivity contribution in [3.8, 4) is 11.4 Å². The molecular weight excluding hydrogens is 400 g/mol. The summed E-state index contributed by atoms with van der Waals surface area (Å²) in [4.78, 5) is 13.8. The van der Waals surface area contributed by atoms with Gasteiger partial charge in [0, 0.05) is 37.1 Å². The number of alkyl halides is 3. The average molecular weight is 418 g/mol. The van der Waals surface area contributed by atoms with Gasteiger partial charge in [-0.25, -0.2) is 14.4 Å². The average Bonchev–Trinajstić information content (AvgIpc) is 2.73. The molecule has 2 atom stereocenters. The number of ether oxygens (including phenoxy) is 1. The molecule has 0 bridgehead atoms. The van der Waals surface area contributed by atoms with Gasteiger partial charge in [0.05, 0.1) is 6.10 Å². The molecule has 0 N–H and O–H groups in total. The zero-order chi connectivity index (χ0) is 21.3. The van der Waals surface area contributed by atoms with Gasteiger partial charge in [-0.2, -0.15) is 13.2 Å². The van der Waals surface area contributed by atoms with E-state index in [0.717, 1.165) is 11.6 Å². The van der Waals surface area contributed by atoms with E-state index in [-0.39, 0.29) is 30.1 Å². The predicted molar refractivity (Wildman–Crippen MR) is 102 cm³/mol. The van der Waals surface area contributed by atoms with Crippen molar-refractivity contribution in [3.05, 3.63) is 71.9 Å². The van der Waals surface area contributed by atoms with E-state index in [2.05, 4.69) is 15.0 Å². The summed E-state index contributed by atoms with van der Waals surface area (Å²) in [5, 5.41) is 0. The molecule has 9 heteroatoms. The van der Waals surface area contributed by atoms with Crippen LogP contribution in [0.4, 0.5) is 23.4 Å². The maximum absolute atomic E-state index is 13.5. The predicted octanol–water partition coefficient (Wildman–Crippen LogP) is 4.66. The second-order valence-corrected chi connectivity index (χ2v) is 7.07. The molecule has 3 heterocycles. The molecule has 0 radical (unpaired) electrons. The summed E-state index contributed by atoms with van der Waals surface area (Å²) < 4.78 is 59.7. The number of pyridine rings is 1. The first kappa shape index (κ1) is 20.2. The molecule has 0 amide bonds. The number of halogens is 4. The van der Waals surface area contributed by atoms with Crippen LogP contribution in [-0.4, -0.2) is 34.1 Å². The van der Waals surface area contributed by atoms with Crippen molar-refractivity contribution in [1.29, 1.82) is 0 Å². The number of benzene rings is 1. The first-order valence-electron chi connectivity index (χ1n) is 9.32. The fourth-order valence-electron chi connectivity index (χ4n) is 3.37. The van der Waals surface area contributed by atoms with E-state index in [1.807, 2.05) is 6.92 Å². The molecule has 1 fully saturated rings. The molecule has 1 aliphatic heterocycles. The van der Waals surface area contributed by atoms with Crippen molar-refractivity contribution in [1.82, 2.24) is 15.0 Å². The van der Waals surface area contributed by atoms with E-state index in [1.165, 1.54) is 24.5 Å². The Morgan fingerprint density at radius 3 is 2.50 bits per heavy atom. The fraction of sp³-hybridized carbons (Fsp3) is 0.286. The maximum atomic E-state index is 13.5. The van der Waals surface area contributed by atoms with Gasteiger partial charge < -0.3 is 9.64 Å². The van der Waals surface area contributed by atoms with Crippen LogP contribution in [0.3, 0.4) is 0 Å². The number of nitrogens with zero attached hydrogens (tertiary/aromatic N) is 4. The first-order valence-corrected chi connectivity index (χ1v) is 9.32. The normalized spacial score (nSPS) is 19.7. The Kier molecular flexibility index (Phi) is 5.38. The molecule has 1 aliphatic rings. The van der Waals surface area contributed by atoms with Gasteiger partial charge in [0.25, 0.3) is 0 Å². The molecule has 0 spiro atoms. The molecular formula is C21H18F4N4O. The highest BCUT2D eigenvalue weighted by molar-refractivity contribution is 5.57. The molecule has 1 aromatic carbocycles. The van der Waals surface area contributed by atoms with Crippen molar-refractivity contribution in [3.63, 3.8) is 0 Å². The van der Waals surface area contributed by atoms with Crippen LogP contribution >= 0.6 is 0 Å². The minimum Gasteiger partial charge on any atom is -0.367 e. The number of hydrogen-bond acceptors (Lipinski definition) is 5. The molecule has 156 valence electrons. The zero-order valence-electron chi connectivity index (χ0n) is 16.0. The molecule has 0 aliphatic carbocycles. The van der Waals surface area contributed by atoms with Crippen molar-refractivity contribution in [2.45, 2.75) is 25.3 Å². The highest BCUT2D eigenvalue weighted by atomic mass is 19.4. The molecule has 1 saturated heterocycles. The van der Waals surface area contributed by atoms with Gasteiger partial charge in [-0.3, -0.25) is 4.98 Å². The second kappa shape index (κ2) is 7.98. The Hall–Kier alpha value is -3.07. The Balaban J connectivity index is 1.71. The number of morpholine rings is 1. The smallest absolute Gasteiger partial charge is 0.367 e. The quantitative estimate of drug-likeness (QED) is 0.579. The van der Waals surface area contributed by atoms with Gasteiger partial charge in [0.2, 0.25) is 0 Å². The van der Waals surface area contributed by atoms with Crippen LogP contribution in [0.5, 0.6) is 0 Å². The van der Waals surface area contributed by atoms with Gasteiger partial charge >= 0.3 is 6.18 Å². The molecule has 3 aromatic rings.